The van der Waals surface area contributed by atoms with Crippen LogP contribution in [0.2, 0.25) is 0 Å². The molecule has 0 atom stereocenters. The van der Waals surface area contributed by atoms with E-state index in [1.54, 1.807) is 11.3 Å². The summed E-state index contributed by atoms with van der Waals surface area (Å²) in [4.78, 5) is 12.2. The summed E-state index contributed by atoms with van der Waals surface area (Å²) in [7, 11) is 0. The number of aryl methyl sites for hydroxylation is 2. The zero-order chi connectivity index (χ0) is 13.1. The predicted molar refractivity (Wildman–Crippen MR) is 80.8 cm³/mol. The van der Waals surface area contributed by atoms with E-state index in [0.29, 0.717) is 11.1 Å². The Bertz CT molecular complexity index is 604. The van der Waals surface area contributed by atoms with Gasteiger partial charge in [0.05, 0.1) is 10.9 Å². The standard InChI is InChI=1S/C12H14BrN3S2/c1-3-4-8-11(13)12(17)16-9(15-8)5-10-14-7(2)6-18-10/h6H,3-5H2,1-2H3,(H,15,16,17). The van der Waals surface area contributed by atoms with Crippen molar-refractivity contribution >= 4 is 39.5 Å². The van der Waals surface area contributed by atoms with E-state index in [0.717, 1.165) is 39.5 Å². The van der Waals surface area contributed by atoms with Crippen molar-refractivity contribution in [2.45, 2.75) is 33.1 Å². The van der Waals surface area contributed by atoms with Crippen molar-refractivity contribution in [2.24, 2.45) is 0 Å². The maximum Gasteiger partial charge on any atom is 0.144 e. The lowest BCUT2D eigenvalue weighted by Gasteiger charge is -2.06. The molecular weight excluding hydrogens is 330 g/mol. The van der Waals surface area contributed by atoms with Crippen molar-refractivity contribution in [3.63, 3.8) is 0 Å². The molecule has 0 aliphatic rings. The first-order valence-electron chi connectivity index (χ1n) is 5.78. The number of thiazole rings is 1. The first-order chi connectivity index (χ1) is 8.60. The molecule has 18 heavy (non-hydrogen) atoms. The van der Waals surface area contributed by atoms with Crippen LogP contribution in [0.25, 0.3) is 0 Å². The fourth-order valence-corrected chi connectivity index (χ4v) is 3.09. The molecule has 0 spiro atoms. The number of hydrogen-bond donors (Lipinski definition) is 1. The molecule has 2 aromatic heterocycles. The Balaban J connectivity index is 2.31. The zero-order valence-electron chi connectivity index (χ0n) is 10.3. The van der Waals surface area contributed by atoms with Crippen LogP contribution in [-0.4, -0.2) is 15.0 Å². The van der Waals surface area contributed by atoms with Crippen molar-refractivity contribution in [3.05, 3.63) is 36.7 Å². The third kappa shape index (κ3) is 3.24. The Hall–Kier alpha value is -0.590. The summed E-state index contributed by atoms with van der Waals surface area (Å²) in [5.74, 6) is 0.890. The SMILES string of the molecule is CCCc1[nH]c(Cc2nc(C)cs2)nc(=S)c1Br. The third-order valence-corrected chi connectivity index (χ3v) is 4.85. The number of nitrogens with one attached hydrogen (secondary N) is 1. The van der Waals surface area contributed by atoms with E-state index >= 15 is 0 Å². The minimum Gasteiger partial charge on any atom is -0.346 e. The molecule has 0 bridgehead atoms. The summed E-state index contributed by atoms with van der Waals surface area (Å²) in [5.41, 5.74) is 2.18. The molecule has 0 aliphatic carbocycles. The molecule has 3 nitrogen and oxygen atoms in total. The van der Waals surface area contributed by atoms with Gasteiger partial charge in [0.15, 0.2) is 0 Å². The van der Waals surface area contributed by atoms with Gasteiger partial charge in [-0.05, 0) is 29.3 Å². The highest BCUT2D eigenvalue weighted by Gasteiger charge is 2.08. The molecule has 0 saturated heterocycles. The highest BCUT2D eigenvalue weighted by molar-refractivity contribution is 9.10. The predicted octanol–water partition coefficient (Wildman–Crippen LogP) is 4.21. The van der Waals surface area contributed by atoms with Crippen LogP contribution < -0.4 is 0 Å². The van der Waals surface area contributed by atoms with Gasteiger partial charge in [-0.15, -0.1) is 11.3 Å². The number of aromatic nitrogens is 3. The molecule has 0 unspecified atom stereocenters. The molecule has 2 aromatic rings. The minimum atomic E-state index is 0.625. The maximum absolute atomic E-state index is 5.27. The second-order valence-electron chi connectivity index (χ2n) is 4.09. The lowest BCUT2D eigenvalue weighted by atomic mass is 10.2. The lowest BCUT2D eigenvalue weighted by molar-refractivity contribution is 0.827. The molecule has 0 saturated carbocycles. The summed E-state index contributed by atoms with van der Waals surface area (Å²) in [6.45, 7) is 4.15. The van der Waals surface area contributed by atoms with Crippen LogP contribution in [0.5, 0.6) is 0 Å². The molecule has 0 radical (unpaired) electrons. The molecule has 0 fully saturated rings. The summed E-state index contributed by atoms with van der Waals surface area (Å²) in [5, 5.41) is 3.12. The zero-order valence-corrected chi connectivity index (χ0v) is 13.5. The van der Waals surface area contributed by atoms with E-state index in [4.69, 9.17) is 12.2 Å². The Morgan fingerprint density at radius 1 is 1.44 bits per heavy atom. The number of rotatable bonds is 4. The number of hydrogen-bond acceptors (Lipinski definition) is 4. The van der Waals surface area contributed by atoms with Crippen LogP contribution >= 0.6 is 39.5 Å². The van der Waals surface area contributed by atoms with E-state index in [2.05, 4.69) is 43.2 Å². The van der Waals surface area contributed by atoms with Crippen molar-refractivity contribution in [3.8, 4) is 0 Å². The largest absolute Gasteiger partial charge is 0.346 e. The van der Waals surface area contributed by atoms with Crippen LogP contribution in [0.3, 0.4) is 0 Å². The van der Waals surface area contributed by atoms with E-state index in [1.807, 2.05) is 6.92 Å². The summed E-state index contributed by atoms with van der Waals surface area (Å²) in [6.07, 6.45) is 2.76. The van der Waals surface area contributed by atoms with Crippen molar-refractivity contribution in [2.75, 3.05) is 0 Å². The Morgan fingerprint density at radius 2 is 2.22 bits per heavy atom. The molecule has 96 valence electrons. The smallest absolute Gasteiger partial charge is 0.144 e. The average Bonchev–Trinajstić information content (AvgIpc) is 2.71. The minimum absolute atomic E-state index is 0.625. The van der Waals surface area contributed by atoms with Gasteiger partial charge in [-0.3, -0.25) is 0 Å². The van der Waals surface area contributed by atoms with Gasteiger partial charge in [0.2, 0.25) is 0 Å². The quantitative estimate of drug-likeness (QED) is 0.845. The second-order valence-corrected chi connectivity index (χ2v) is 6.21. The molecule has 0 aromatic carbocycles. The number of nitrogens with zero attached hydrogens (tertiary/aromatic N) is 2. The van der Waals surface area contributed by atoms with E-state index < -0.39 is 0 Å². The molecule has 1 N–H and O–H groups in total. The van der Waals surface area contributed by atoms with E-state index in [1.165, 1.54) is 0 Å². The van der Waals surface area contributed by atoms with Gasteiger partial charge in [0.1, 0.15) is 15.5 Å². The van der Waals surface area contributed by atoms with Crippen molar-refractivity contribution in [1.82, 2.24) is 15.0 Å². The van der Waals surface area contributed by atoms with E-state index in [9.17, 15) is 0 Å². The van der Waals surface area contributed by atoms with Crippen LogP contribution in [0.1, 0.15) is 35.6 Å². The molecule has 0 aliphatic heterocycles. The monoisotopic (exact) mass is 343 g/mol. The van der Waals surface area contributed by atoms with E-state index in [-0.39, 0.29) is 0 Å². The third-order valence-electron chi connectivity index (χ3n) is 2.47. The highest BCUT2D eigenvalue weighted by Crippen LogP contribution is 2.19. The van der Waals surface area contributed by atoms with Crippen LogP contribution in [0, 0.1) is 11.6 Å². The average molecular weight is 344 g/mol. The van der Waals surface area contributed by atoms with Gasteiger partial charge in [-0.2, -0.15) is 0 Å². The molecule has 0 amide bonds. The lowest BCUT2D eigenvalue weighted by Crippen LogP contribution is -2.02. The summed E-state index contributed by atoms with van der Waals surface area (Å²) >= 11 is 10.4. The Kier molecular flexibility index (Phi) is 4.64. The fraction of sp³-hybridized carbons (Fsp3) is 0.417. The molecular formula is C12H14BrN3S2. The van der Waals surface area contributed by atoms with Gasteiger partial charge in [0, 0.05) is 16.8 Å². The summed E-state index contributed by atoms with van der Waals surface area (Å²) < 4.78 is 1.54. The Labute approximate surface area is 124 Å². The first-order valence-corrected chi connectivity index (χ1v) is 7.86. The number of H-pyrrole nitrogens is 1. The molecule has 2 rings (SSSR count). The molecule has 6 heteroatoms. The van der Waals surface area contributed by atoms with Gasteiger partial charge >= 0.3 is 0 Å². The fourth-order valence-electron chi connectivity index (χ4n) is 1.69. The second kappa shape index (κ2) is 6.04. The van der Waals surface area contributed by atoms with Gasteiger partial charge < -0.3 is 4.98 Å². The maximum atomic E-state index is 5.27. The van der Waals surface area contributed by atoms with Gasteiger partial charge in [-0.25, -0.2) is 9.97 Å². The summed E-state index contributed by atoms with van der Waals surface area (Å²) in [6, 6.07) is 0. The Morgan fingerprint density at radius 3 is 2.83 bits per heavy atom. The topological polar surface area (TPSA) is 41.6 Å². The number of aromatic amines is 1. The van der Waals surface area contributed by atoms with Gasteiger partial charge in [-0.1, -0.05) is 25.6 Å². The van der Waals surface area contributed by atoms with Crippen LogP contribution in [0.4, 0.5) is 0 Å². The van der Waals surface area contributed by atoms with Crippen LogP contribution in [0.15, 0.2) is 9.85 Å². The number of halogens is 1. The first kappa shape index (κ1) is 13.8. The van der Waals surface area contributed by atoms with Gasteiger partial charge in [0.25, 0.3) is 0 Å². The normalized spacial score (nSPS) is 10.8. The highest BCUT2D eigenvalue weighted by atomic mass is 79.9. The molecule has 2 heterocycles. The van der Waals surface area contributed by atoms with Crippen LogP contribution in [-0.2, 0) is 12.8 Å². The van der Waals surface area contributed by atoms with Crippen molar-refractivity contribution in [1.29, 1.82) is 0 Å². The van der Waals surface area contributed by atoms with Crippen molar-refractivity contribution < 1.29 is 0 Å².